The summed E-state index contributed by atoms with van der Waals surface area (Å²) >= 11 is 1.42. The van der Waals surface area contributed by atoms with E-state index in [1.54, 1.807) is 42.1 Å². The molecule has 11 heteroatoms. The fraction of sp³-hybridized carbons (Fsp3) is 0.115. The van der Waals surface area contributed by atoms with Gasteiger partial charge in [0.15, 0.2) is 0 Å². The van der Waals surface area contributed by atoms with Crippen LogP contribution in [0.3, 0.4) is 0 Å². The second kappa shape index (κ2) is 9.68. The molecule has 37 heavy (non-hydrogen) atoms. The molecule has 0 aliphatic heterocycles. The topological polar surface area (TPSA) is 106 Å². The maximum atomic E-state index is 13.0. The lowest BCUT2D eigenvalue weighted by molar-refractivity contribution is 0.102. The highest BCUT2D eigenvalue weighted by Gasteiger charge is 2.22. The molecule has 5 aromatic rings. The van der Waals surface area contributed by atoms with Crippen LogP contribution in [-0.2, 0) is 10.0 Å². The fourth-order valence-electron chi connectivity index (χ4n) is 3.75. The number of fused-ring (bicyclic) bond motifs is 1. The lowest BCUT2D eigenvalue weighted by Gasteiger charge is -2.19. The van der Waals surface area contributed by atoms with Gasteiger partial charge in [-0.25, -0.2) is 13.4 Å². The minimum Gasteiger partial charge on any atom is -0.497 e. The van der Waals surface area contributed by atoms with E-state index < -0.39 is 15.9 Å². The molecule has 0 spiro atoms. The van der Waals surface area contributed by atoms with Crippen molar-refractivity contribution in [3.8, 4) is 10.9 Å². The number of carbonyl (C=O) groups excluding carboxylic acids is 1. The van der Waals surface area contributed by atoms with Crippen molar-refractivity contribution in [1.29, 1.82) is 0 Å². The smallest absolute Gasteiger partial charge is 0.264 e. The van der Waals surface area contributed by atoms with Gasteiger partial charge in [0, 0.05) is 18.7 Å². The molecular weight excluding hydrogens is 510 g/mol. The van der Waals surface area contributed by atoms with Gasteiger partial charge in [-0.2, -0.15) is 9.78 Å². The van der Waals surface area contributed by atoms with Gasteiger partial charge in [0.2, 0.25) is 5.13 Å². The van der Waals surface area contributed by atoms with Crippen LogP contribution in [0.2, 0.25) is 0 Å². The van der Waals surface area contributed by atoms with Crippen molar-refractivity contribution in [2.24, 2.45) is 0 Å². The highest BCUT2D eigenvalue weighted by atomic mass is 32.2. The predicted molar refractivity (Wildman–Crippen MR) is 144 cm³/mol. The van der Waals surface area contributed by atoms with Crippen LogP contribution in [0.1, 0.15) is 16.1 Å². The van der Waals surface area contributed by atoms with Crippen molar-refractivity contribution >= 4 is 49.0 Å². The van der Waals surface area contributed by atoms with Gasteiger partial charge < -0.3 is 10.1 Å². The summed E-state index contributed by atoms with van der Waals surface area (Å²) in [4.78, 5) is 17.8. The minimum atomic E-state index is -3.78. The second-order valence-electron chi connectivity index (χ2n) is 8.20. The van der Waals surface area contributed by atoms with Crippen molar-refractivity contribution in [2.45, 2.75) is 11.8 Å². The van der Waals surface area contributed by atoms with Crippen LogP contribution in [0.4, 0.5) is 11.5 Å². The zero-order valence-electron chi connectivity index (χ0n) is 20.2. The number of carbonyl (C=O) groups is 1. The van der Waals surface area contributed by atoms with Crippen LogP contribution in [0, 0.1) is 6.92 Å². The third-order valence-corrected chi connectivity index (χ3v) is 8.53. The molecule has 3 aromatic carbocycles. The van der Waals surface area contributed by atoms with Crippen molar-refractivity contribution in [1.82, 2.24) is 14.8 Å². The number of hydrogen-bond donors (Lipinski definition) is 1. The second-order valence-corrected chi connectivity index (χ2v) is 11.2. The number of aryl methyl sites for hydroxylation is 1. The normalized spacial score (nSPS) is 11.4. The number of sulfonamides is 1. The van der Waals surface area contributed by atoms with E-state index in [0.717, 1.165) is 16.0 Å². The van der Waals surface area contributed by atoms with E-state index in [2.05, 4.69) is 15.4 Å². The Labute approximate surface area is 218 Å². The highest BCUT2D eigenvalue weighted by molar-refractivity contribution is 7.92. The number of nitrogens with one attached hydrogen (secondary N) is 1. The molecule has 0 unspecified atom stereocenters. The molecule has 0 radical (unpaired) electrons. The van der Waals surface area contributed by atoms with Crippen LogP contribution in [-0.4, -0.2) is 43.2 Å². The lowest BCUT2D eigenvalue weighted by Crippen LogP contribution is -2.26. The number of rotatable bonds is 7. The number of para-hydroxylation sites is 1. The van der Waals surface area contributed by atoms with Crippen molar-refractivity contribution in [2.75, 3.05) is 23.8 Å². The van der Waals surface area contributed by atoms with Crippen molar-refractivity contribution in [3.05, 3.63) is 90.1 Å². The first kappa shape index (κ1) is 24.5. The molecule has 0 bridgehead atoms. The third kappa shape index (κ3) is 4.78. The fourth-order valence-corrected chi connectivity index (χ4v) is 5.90. The van der Waals surface area contributed by atoms with Gasteiger partial charge in [0.1, 0.15) is 11.6 Å². The molecule has 0 aliphatic rings. The van der Waals surface area contributed by atoms with E-state index in [4.69, 9.17) is 4.74 Å². The van der Waals surface area contributed by atoms with E-state index in [1.807, 2.05) is 31.2 Å². The highest BCUT2D eigenvalue weighted by Crippen LogP contribution is 2.30. The zero-order valence-corrected chi connectivity index (χ0v) is 21.9. The third-order valence-electron chi connectivity index (χ3n) is 5.73. The van der Waals surface area contributed by atoms with Crippen LogP contribution in [0.5, 0.6) is 5.75 Å². The Morgan fingerprint density at radius 2 is 1.76 bits per heavy atom. The molecule has 1 amide bonds. The molecule has 9 nitrogen and oxygen atoms in total. The summed E-state index contributed by atoms with van der Waals surface area (Å²) < 4.78 is 35.1. The largest absolute Gasteiger partial charge is 0.497 e. The molecular formula is C26H23N5O4S2. The van der Waals surface area contributed by atoms with Crippen LogP contribution in [0.25, 0.3) is 15.3 Å². The Hall–Kier alpha value is -4.22. The van der Waals surface area contributed by atoms with Crippen LogP contribution < -0.4 is 14.4 Å². The molecule has 0 saturated heterocycles. The molecule has 1 N–H and O–H groups in total. The summed E-state index contributed by atoms with van der Waals surface area (Å²) in [6.45, 7) is 1.82. The summed E-state index contributed by atoms with van der Waals surface area (Å²) in [5.74, 6) is 0.784. The first-order valence-corrected chi connectivity index (χ1v) is 13.5. The van der Waals surface area contributed by atoms with Gasteiger partial charge in [-0.1, -0.05) is 29.5 Å². The monoisotopic (exact) mass is 533 g/mol. The number of thiazole rings is 1. The van der Waals surface area contributed by atoms with Gasteiger partial charge in [0.05, 0.1) is 33.6 Å². The number of benzene rings is 3. The minimum absolute atomic E-state index is 0.0844. The lowest BCUT2D eigenvalue weighted by atomic mass is 10.2. The number of methoxy groups -OCH3 is 1. The summed E-state index contributed by atoms with van der Waals surface area (Å²) in [6, 6.07) is 22.0. The number of ether oxygens (including phenoxy) is 1. The average molecular weight is 534 g/mol. The van der Waals surface area contributed by atoms with E-state index in [-0.39, 0.29) is 4.90 Å². The summed E-state index contributed by atoms with van der Waals surface area (Å²) in [7, 11) is -0.678. The molecule has 0 fully saturated rings. The summed E-state index contributed by atoms with van der Waals surface area (Å²) in [5.41, 5.74) is 2.35. The number of aromatic nitrogens is 3. The maximum absolute atomic E-state index is 13.0. The average Bonchev–Trinajstić information content (AvgIpc) is 3.50. The standard InChI is InChI=1S/C26H23N5O4S2/c1-17-15-24(31(29-17)26-27-22-14-11-20(35-3)16-23(22)36-26)28-25(32)18-9-12-21(13-10-18)37(33,34)30(2)19-7-5-4-6-8-19/h4-16H,1-3H3,(H,28,32). The van der Waals surface area contributed by atoms with Gasteiger partial charge in [-0.05, 0) is 61.5 Å². The molecule has 188 valence electrons. The van der Waals surface area contributed by atoms with E-state index >= 15 is 0 Å². The van der Waals surface area contributed by atoms with Crippen molar-refractivity contribution < 1.29 is 17.9 Å². The molecule has 2 aromatic heterocycles. The Kier molecular flexibility index (Phi) is 6.40. The van der Waals surface area contributed by atoms with Gasteiger partial charge in [-0.15, -0.1) is 0 Å². The zero-order chi connectivity index (χ0) is 26.2. The molecule has 0 aliphatic carbocycles. The predicted octanol–water partition coefficient (Wildman–Crippen LogP) is 4.88. The Balaban J connectivity index is 1.38. The maximum Gasteiger partial charge on any atom is 0.264 e. The summed E-state index contributed by atoms with van der Waals surface area (Å²) in [6.07, 6.45) is 0. The van der Waals surface area contributed by atoms with Crippen molar-refractivity contribution in [3.63, 3.8) is 0 Å². The first-order chi connectivity index (χ1) is 17.8. The Morgan fingerprint density at radius 1 is 1.03 bits per heavy atom. The first-order valence-electron chi connectivity index (χ1n) is 11.2. The van der Waals surface area contributed by atoms with Gasteiger partial charge >= 0.3 is 0 Å². The van der Waals surface area contributed by atoms with Crippen LogP contribution in [0.15, 0.2) is 83.8 Å². The molecule has 5 rings (SSSR count). The number of hydrogen-bond acceptors (Lipinski definition) is 7. The SMILES string of the molecule is COc1ccc2nc(-n3nc(C)cc3NC(=O)c3ccc(S(=O)(=O)N(C)c4ccccc4)cc3)sc2c1. The van der Waals surface area contributed by atoms with Gasteiger partial charge in [-0.3, -0.25) is 9.10 Å². The number of anilines is 2. The molecule has 0 atom stereocenters. The molecule has 2 heterocycles. The Bertz CT molecular complexity index is 1690. The van der Waals surface area contributed by atoms with E-state index in [1.165, 1.54) is 47.0 Å². The Morgan fingerprint density at radius 3 is 2.46 bits per heavy atom. The number of amides is 1. The molecule has 0 saturated carbocycles. The van der Waals surface area contributed by atoms with E-state index in [0.29, 0.717) is 27.9 Å². The summed E-state index contributed by atoms with van der Waals surface area (Å²) in [5, 5.41) is 7.95. The van der Waals surface area contributed by atoms with Gasteiger partial charge in [0.25, 0.3) is 15.9 Å². The van der Waals surface area contributed by atoms with Crippen LogP contribution >= 0.6 is 11.3 Å². The van der Waals surface area contributed by atoms with E-state index in [9.17, 15) is 13.2 Å². The number of nitrogens with zero attached hydrogens (tertiary/aromatic N) is 4. The quantitative estimate of drug-likeness (QED) is 0.320.